The van der Waals surface area contributed by atoms with Crippen LogP contribution in [-0.4, -0.2) is 48.3 Å². The van der Waals surface area contributed by atoms with E-state index in [9.17, 15) is 9.18 Å². The lowest BCUT2D eigenvalue weighted by atomic mass is 10.1. The number of halogens is 1. The van der Waals surface area contributed by atoms with Crippen molar-refractivity contribution in [3.05, 3.63) is 35.6 Å². The number of carbonyl (C=O) groups is 1. The average Bonchev–Trinajstić information content (AvgIpc) is 2.46. The van der Waals surface area contributed by atoms with E-state index in [4.69, 9.17) is 9.84 Å². The number of benzene rings is 1. The number of morpholine rings is 1. The van der Waals surface area contributed by atoms with Crippen LogP contribution in [0.5, 0.6) is 0 Å². The van der Waals surface area contributed by atoms with Gasteiger partial charge < -0.3 is 14.7 Å². The van der Waals surface area contributed by atoms with E-state index in [1.807, 2.05) is 0 Å². The lowest BCUT2D eigenvalue weighted by Gasteiger charge is -2.32. The quantitative estimate of drug-likeness (QED) is 0.884. The van der Waals surface area contributed by atoms with E-state index in [1.165, 1.54) is 12.1 Å². The number of carbonyl (C=O) groups excluding carboxylic acids is 1. The molecule has 4 nitrogen and oxygen atoms in total. The van der Waals surface area contributed by atoms with Gasteiger partial charge in [-0.2, -0.15) is 0 Å². The second kappa shape index (κ2) is 6.63. The minimum absolute atomic E-state index is 0.0473. The van der Waals surface area contributed by atoms with E-state index < -0.39 is 0 Å². The fraction of sp³-hybridized carbons (Fsp3) is 0.500. The normalized spacial score (nSPS) is 19.5. The highest BCUT2D eigenvalue weighted by molar-refractivity contribution is 5.76. The molecule has 1 aliphatic rings. The van der Waals surface area contributed by atoms with Gasteiger partial charge in [-0.15, -0.1) is 0 Å². The third-order valence-electron chi connectivity index (χ3n) is 3.24. The van der Waals surface area contributed by atoms with E-state index in [-0.39, 0.29) is 24.4 Å². The van der Waals surface area contributed by atoms with Crippen LogP contribution in [0.1, 0.15) is 12.0 Å². The highest BCUT2D eigenvalue weighted by atomic mass is 19.1. The summed E-state index contributed by atoms with van der Waals surface area (Å²) in [7, 11) is 0. The zero-order valence-corrected chi connectivity index (χ0v) is 10.7. The highest BCUT2D eigenvalue weighted by Crippen LogP contribution is 2.10. The molecule has 1 N–H and O–H groups in total. The molecule has 1 amide bonds. The maximum Gasteiger partial charge on any atom is 0.223 e. The molecule has 1 heterocycles. The predicted octanol–water partition coefficient (Wildman–Crippen LogP) is 0.978. The van der Waals surface area contributed by atoms with Crippen LogP contribution in [0.15, 0.2) is 24.3 Å². The van der Waals surface area contributed by atoms with Crippen LogP contribution in [0, 0.1) is 5.82 Å². The van der Waals surface area contributed by atoms with Crippen LogP contribution in [0.4, 0.5) is 4.39 Å². The summed E-state index contributed by atoms with van der Waals surface area (Å²) in [4.78, 5) is 13.7. The van der Waals surface area contributed by atoms with Crippen molar-refractivity contribution in [3.8, 4) is 0 Å². The SMILES string of the molecule is O=C(CCc1ccc(F)cc1)N1CCOC(CO)C1. The smallest absolute Gasteiger partial charge is 0.223 e. The maximum atomic E-state index is 12.7. The largest absolute Gasteiger partial charge is 0.394 e. The Kier molecular flexibility index (Phi) is 4.87. The first-order valence-corrected chi connectivity index (χ1v) is 6.43. The topological polar surface area (TPSA) is 49.8 Å². The molecule has 1 aliphatic heterocycles. The number of aliphatic hydroxyl groups is 1. The first-order chi connectivity index (χ1) is 9.19. The van der Waals surface area contributed by atoms with Crippen molar-refractivity contribution in [2.24, 2.45) is 0 Å². The molecule has 1 fully saturated rings. The van der Waals surface area contributed by atoms with Crippen LogP contribution in [-0.2, 0) is 16.0 Å². The Balaban J connectivity index is 1.82. The Bertz CT molecular complexity index is 421. The molecule has 0 saturated carbocycles. The van der Waals surface area contributed by atoms with Gasteiger partial charge in [0.05, 0.1) is 19.3 Å². The Morgan fingerprint density at radius 1 is 1.42 bits per heavy atom. The van der Waals surface area contributed by atoms with E-state index in [0.29, 0.717) is 32.5 Å². The van der Waals surface area contributed by atoms with Gasteiger partial charge in [0.2, 0.25) is 5.91 Å². The van der Waals surface area contributed by atoms with Crippen molar-refractivity contribution in [1.82, 2.24) is 4.90 Å². The number of hydrogen-bond acceptors (Lipinski definition) is 3. The molecule has 1 atom stereocenters. The molecule has 1 saturated heterocycles. The molecule has 5 heteroatoms. The number of aryl methyl sites for hydroxylation is 1. The fourth-order valence-electron chi connectivity index (χ4n) is 2.12. The molecule has 104 valence electrons. The highest BCUT2D eigenvalue weighted by Gasteiger charge is 2.23. The van der Waals surface area contributed by atoms with Crippen molar-refractivity contribution in [2.45, 2.75) is 18.9 Å². The number of hydrogen-bond donors (Lipinski definition) is 1. The molecule has 0 bridgehead atoms. The first-order valence-electron chi connectivity index (χ1n) is 6.43. The Morgan fingerprint density at radius 2 is 2.16 bits per heavy atom. The van der Waals surface area contributed by atoms with E-state index >= 15 is 0 Å². The average molecular weight is 267 g/mol. The van der Waals surface area contributed by atoms with Crippen molar-refractivity contribution in [2.75, 3.05) is 26.3 Å². The summed E-state index contributed by atoms with van der Waals surface area (Å²) in [5, 5.41) is 9.03. The summed E-state index contributed by atoms with van der Waals surface area (Å²) in [6.45, 7) is 1.41. The van der Waals surface area contributed by atoms with Gasteiger partial charge in [-0.3, -0.25) is 4.79 Å². The van der Waals surface area contributed by atoms with Crippen molar-refractivity contribution >= 4 is 5.91 Å². The summed E-state index contributed by atoms with van der Waals surface area (Å²) in [5.41, 5.74) is 0.946. The van der Waals surface area contributed by atoms with Crippen LogP contribution < -0.4 is 0 Å². The first kappa shape index (κ1) is 14.0. The third kappa shape index (κ3) is 4.01. The van der Waals surface area contributed by atoms with Crippen molar-refractivity contribution in [1.29, 1.82) is 0 Å². The standard InChI is InChI=1S/C14H18FNO3/c15-12-4-1-11(2-5-12)3-6-14(18)16-7-8-19-13(9-16)10-17/h1-2,4-5,13,17H,3,6-10H2. The van der Waals surface area contributed by atoms with Gasteiger partial charge in [0.1, 0.15) is 5.82 Å². The lowest BCUT2D eigenvalue weighted by Crippen LogP contribution is -2.46. The lowest BCUT2D eigenvalue weighted by molar-refractivity contribution is -0.140. The molecular formula is C14H18FNO3. The Hall–Kier alpha value is -1.46. The van der Waals surface area contributed by atoms with Gasteiger partial charge in [0.25, 0.3) is 0 Å². The second-order valence-corrected chi connectivity index (χ2v) is 4.64. The monoisotopic (exact) mass is 267 g/mol. The molecule has 0 aliphatic carbocycles. The van der Waals surface area contributed by atoms with E-state index in [0.717, 1.165) is 5.56 Å². The Labute approximate surface area is 111 Å². The summed E-state index contributed by atoms with van der Waals surface area (Å²) in [6, 6.07) is 6.18. The number of ether oxygens (including phenoxy) is 1. The number of aliphatic hydroxyl groups excluding tert-OH is 1. The number of rotatable bonds is 4. The number of amides is 1. The molecule has 1 unspecified atom stereocenters. The molecule has 1 aromatic rings. The third-order valence-corrected chi connectivity index (χ3v) is 3.24. The van der Waals surface area contributed by atoms with Gasteiger partial charge in [0, 0.05) is 19.5 Å². The summed E-state index contributed by atoms with van der Waals surface area (Å²) in [5.74, 6) is -0.222. The zero-order valence-electron chi connectivity index (χ0n) is 10.7. The Morgan fingerprint density at radius 3 is 2.84 bits per heavy atom. The van der Waals surface area contributed by atoms with Crippen molar-refractivity contribution < 1.29 is 19.0 Å². The molecule has 1 aromatic carbocycles. The van der Waals surface area contributed by atoms with Gasteiger partial charge in [-0.1, -0.05) is 12.1 Å². The summed E-state index contributed by atoms with van der Waals surface area (Å²) < 4.78 is 18.0. The van der Waals surface area contributed by atoms with Gasteiger partial charge in [-0.05, 0) is 24.1 Å². The second-order valence-electron chi connectivity index (χ2n) is 4.64. The molecule has 0 spiro atoms. The molecule has 19 heavy (non-hydrogen) atoms. The van der Waals surface area contributed by atoms with Gasteiger partial charge in [-0.25, -0.2) is 4.39 Å². The van der Waals surface area contributed by atoms with Gasteiger partial charge >= 0.3 is 0 Å². The summed E-state index contributed by atoms with van der Waals surface area (Å²) in [6.07, 6.45) is 0.716. The minimum atomic E-state index is -0.275. The van der Waals surface area contributed by atoms with Gasteiger partial charge in [0.15, 0.2) is 0 Å². The maximum absolute atomic E-state index is 12.7. The fourth-order valence-corrected chi connectivity index (χ4v) is 2.12. The van der Waals surface area contributed by atoms with Crippen molar-refractivity contribution in [3.63, 3.8) is 0 Å². The van der Waals surface area contributed by atoms with E-state index in [2.05, 4.69) is 0 Å². The van der Waals surface area contributed by atoms with Crippen LogP contribution in [0.25, 0.3) is 0 Å². The predicted molar refractivity (Wildman–Crippen MR) is 68.1 cm³/mol. The molecule has 0 aromatic heterocycles. The summed E-state index contributed by atoms with van der Waals surface area (Å²) >= 11 is 0. The van der Waals surface area contributed by atoms with E-state index in [1.54, 1.807) is 17.0 Å². The van der Waals surface area contributed by atoms with Crippen LogP contribution >= 0.6 is 0 Å². The van der Waals surface area contributed by atoms with Crippen LogP contribution in [0.3, 0.4) is 0 Å². The molecule has 0 radical (unpaired) electrons. The number of nitrogens with zero attached hydrogens (tertiary/aromatic N) is 1. The zero-order chi connectivity index (χ0) is 13.7. The molecular weight excluding hydrogens is 249 g/mol. The molecule has 2 rings (SSSR count). The minimum Gasteiger partial charge on any atom is -0.394 e. The van der Waals surface area contributed by atoms with Crippen LogP contribution in [0.2, 0.25) is 0 Å².